The fourth-order valence-electron chi connectivity index (χ4n) is 5.97. The van der Waals surface area contributed by atoms with Crippen LogP contribution in [0.4, 0.5) is 0 Å². The van der Waals surface area contributed by atoms with Crippen LogP contribution in [-0.2, 0) is 9.53 Å². The number of ether oxygens (including phenoxy) is 1. The molecule has 2 aliphatic rings. The second kappa shape index (κ2) is 6.18. The normalized spacial score (nSPS) is 23.6. The fourth-order valence-corrected chi connectivity index (χ4v) is 5.97. The van der Waals surface area contributed by atoms with Crippen LogP contribution in [0.3, 0.4) is 0 Å². The van der Waals surface area contributed by atoms with E-state index in [-0.39, 0.29) is 29.6 Å². The van der Waals surface area contributed by atoms with Gasteiger partial charge in [0.2, 0.25) is 0 Å². The zero-order valence-electron chi connectivity index (χ0n) is 16.5. The van der Waals surface area contributed by atoms with E-state index in [4.69, 9.17) is 4.74 Å². The van der Waals surface area contributed by atoms with Crippen molar-refractivity contribution < 1.29 is 9.53 Å². The smallest absolute Gasteiger partial charge is 0.309 e. The van der Waals surface area contributed by atoms with E-state index >= 15 is 0 Å². The summed E-state index contributed by atoms with van der Waals surface area (Å²) in [4.78, 5) is 12.9. The molecule has 4 aromatic rings. The number of benzene rings is 4. The van der Waals surface area contributed by atoms with E-state index in [1.54, 1.807) is 0 Å². The van der Waals surface area contributed by atoms with Crippen molar-refractivity contribution in [1.82, 2.24) is 0 Å². The number of nitriles is 1. The summed E-state index contributed by atoms with van der Waals surface area (Å²) >= 11 is 0. The highest BCUT2D eigenvalue weighted by Crippen LogP contribution is 2.66. The second-order valence-corrected chi connectivity index (χ2v) is 8.28. The van der Waals surface area contributed by atoms with E-state index in [1.165, 1.54) is 34.6 Å². The van der Waals surface area contributed by atoms with E-state index in [2.05, 4.69) is 54.6 Å². The van der Waals surface area contributed by atoms with Crippen LogP contribution >= 0.6 is 0 Å². The SMILES string of the molecule is COC(=O)C1C(c2ccccc2)C2c3ccc(C#N)c4ccc5cccc(c5c34)C12. The van der Waals surface area contributed by atoms with Gasteiger partial charge in [0.25, 0.3) is 0 Å². The summed E-state index contributed by atoms with van der Waals surface area (Å²) in [6.45, 7) is 0. The van der Waals surface area contributed by atoms with E-state index < -0.39 is 0 Å². The first-order valence-electron chi connectivity index (χ1n) is 10.3. The third kappa shape index (κ3) is 2.06. The van der Waals surface area contributed by atoms with Gasteiger partial charge >= 0.3 is 5.97 Å². The molecule has 4 atom stereocenters. The molecule has 0 radical (unpaired) electrons. The lowest BCUT2D eigenvalue weighted by Gasteiger charge is -2.53. The van der Waals surface area contributed by atoms with Crippen LogP contribution in [-0.4, -0.2) is 13.1 Å². The maximum Gasteiger partial charge on any atom is 0.309 e. The van der Waals surface area contributed by atoms with Crippen molar-refractivity contribution in [3.8, 4) is 6.07 Å². The minimum absolute atomic E-state index is 0.0587. The van der Waals surface area contributed by atoms with Gasteiger partial charge in [0.15, 0.2) is 0 Å². The highest BCUT2D eigenvalue weighted by Gasteiger charge is 2.58. The molecule has 3 nitrogen and oxygen atoms in total. The summed E-state index contributed by atoms with van der Waals surface area (Å²) in [6.07, 6.45) is 0. The lowest BCUT2D eigenvalue weighted by molar-refractivity contribution is -0.151. The summed E-state index contributed by atoms with van der Waals surface area (Å²) in [7, 11) is 1.48. The van der Waals surface area contributed by atoms with Gasteiger partial charge in [-0.2, -0.15) is 5.26 Å². The summed E-state index contributed by atoms with van der Waals surface area (Å²) in [5.74, 6) is -0.0357. The highest BCUT2D eigenvalue weighted by atomic mass is 16.5. The molecule has 0 N–H and O–H groups in total. The Hall–Kier alpha value is -3.64. The molecule has 0 bridgehead atoms. The van der Waals surface area contributed by atoms with Gasteiger partial charge in [-0.3, -0.25) is 4.79 Å². The van der Waals surface area contributed by atoms with Gasteiger partial charge in [0.05, 0.1) is 24.7 Å². The number of fused-ring (bicyclic) bond motifs is 3. The number of hydrogen-bond donors (Lipinski definition) is 0. The van der Waals surface area contributed by atoms with Crippen molar-refractivity contribution in [3.05, 3.63) is 95.1 Å². The van der Waals surface area contributed by atoms with E-state index in [1.807, 2.05) is 24.3 Å². The number of methoxy groups -OCH3 is 1. The minimum Gasteiger partial charge on any atom is -0.469 e. The van der Waals surface area contributed by atoms with Gasteiger partial charge < -0.3 is 4.74 Å². The largest absolute Gasteiger partial charge is 0.469 e. The molecule has 4 unspecified atom stereocenters. The third-order valence-electron chi connectivity index (χ3n) is 7.13. The molecule has 30 heavy (non-hydrogen) atoms. The second-order valence-electron chi connectivity index (χ2n) is 8.28. The Kier molecular flexibility index (Phi) is 3.55. The van der Waals surface area contributed by atoms with Gasteiger partial charge in [-0.1, -0.05) is 66.7 Å². The van der Waals surface area contributed by atoms with Crippen LogP contribution in [0.5, 0.6) is 0 Å². The lowest BCUT2D eigenvalue weighted by atomic mass is 9.48. The summed E-state index contributed by atoms with van der Waals surface area (Å²) < 4.78 is 5.27. The molecule has 3 heteroatoms. The van der Waals surface area contributed by atoms with Gasteiger partial charge in [0, 0.05) is 17.2 Å². The quantitative estimate of drug-likeness (QED) is 0.330. The maximum atomic E-state index is 12.9. The van der Waals surface area contributed by atoms with Crippen LogP contribution in [0.15, 0.2) is 72.8 Å². The van der Waals surface area contributed by atoms with Crippen LogP contribution in [0.2, 0.25) is 0 Å². The van der Waals surface area contributed by atoms with Crippen LogP contribution in [0.1, 0.15) is 40.0 Å². The molecule has 0 spiro atoms. The van der Waals surface area contributed by atoms with E-state index in [0.29, 0.717) is 5.56 Å². The molecule has 0 aromatic heterocycles. The Labute approximate surface area is 174 Å². The fraction of sp³-hybridized carbons (Fsp3) is 0.185. The standard InChI is InChI=1S/C27H19NO2/c1-30-27(29)26-22(15-6-3-2-4-7-15)24-20-13-11-17(14-28)18-12-10-16-8-5-9-19(25(24)26)21(16)23(18)20/h2-13,22,24-26H,1H3. The molecule has 0 saturated heterocycles. The van der Waals surface area contributed by atoms with Crippen molar-refractivity contribution >= 4 is 27.5 Å². The molecule has 1 saturated carbocycles. The Morgan fingerprint density at radius 2 is 1.63 bits per heavy atom. The van der Waals surface area contributed by atoms with Crippen LogP contribution in [0, 0.1) is 17.2 Å². The predicted octanol–water partition coefficient (Wildman–Crippen LogP) is 5.63. The monoisotopic (exact) mass is 389 g/mol. The van der Waals surface area contributed by atoms with Gasteiger partial charge in [-0.25, -0.2) is 0 Å². The molecule has 2 aliphatic carbocycles. The Morgan fingerprint density at radius 3 is 2.40 bits per heavy atom. The number of nitrogens with zero attached hydrogens (tertiary/aromatic N) is 1. The number of hydrogen-bond acceptors (Lipinski definition) is 3. The van der Waals surface area contributed by atoms with Crippen molar-refractivity contribution in [2.75, 3.05) is 7.11 Å². The van der Waals surface area contributed by atoms with Gasteiger partial charge in [-0.05, 0) is 44.8 Å². The van der Waals surface area contributed by atoms with Crippen molar-refractivity contribution in [2.24, 2.45) is 5.92 Å². The molecular weight excluding hydrogens is 370 g/mol. The lowest BCUT2D eigenvalue weighted by Crippen LogP contribution is -2.47. The average molecular weight is 389 g/mol. The summed E-state index contributed by atoms with van der Waals surface area (Å²) in [5, 5.41) is 14.2. The Morgan fingerprint density at radius 1 is 0.833 bits per heavy atom. The average Bonchev–Trinajstić information content (AvgIpc) is 2.78. The molecule has 4 aromatic carbocycles. The molecule has 0 heterocycles. The number of carbonyl (C=O) groups is 1. The summed E-state index contributed by atoms with van der Waals surface area (Å²) in [5.41, 5.74) is 4.31. The van der Waals surface area contributed by atoms with Crippen LogP contribution in [0.25, 0.3) is 21.5 Å². The Bertz CT molecular complexity index is 1380. The zero-order chi connectivity index (χ0) is 20.4. The van der Waals surface area contributed by atoms with Gasteiger partial charge in [-0.15, -0.1) is 0 Å². The maximum absolute atomic E-state index is 12.9. The topological polar surface area (TPSA) is 50.1 Å². The minimum atomic E-state index is -0.216. The first-order chi connectivity index (χ1) is 14.7. The van der Waals surface area contributed by atoms with Crippen molar-refractivity contribution in [3.63, 3.8) is 0 Å². The first kappa shape index (κ1) is 17.2. The van der Waals surface area contributed by atoms with Crippen molar-refractivity contribution in [2.45, 2.75) is 17.8 Å². The highest BCUT2D eigenvalue weighted by molar-refractivity contribution is 6.14. The van der Waals surface area contributed by atoms with E-state index in [9.17, 15) is 10.1 Å². The van der Waals surface area contributed by atoms with E-state index in [0.717, 1.165) is 10.8 Å². The first-order valence-corrected chi connectivity index (χ1v) is 10.3. The Balaban J connectivity index is 1.71. The zero-order valence-corrected chi connectivity index (χ0v) is 16.5. The predicted molar refractivity (Wildman–Crippen MR) is 116 cm³/mol. The van der Waals surface area contributed by atoms with Gasteiger partial charge in [0.1, 0.15) is 0 Å². The summed E-state index contributed by atoms with van der Waals surface area (Å²) in [6, 6.07) is 27.2. The number of carbonyl (C=O) groups excluding carboxylic acids is 1. The number of esters is 1. The molecule has 6 rings (SSSR count). The van der Waals surface area contributed by atoms with Crippen molar-refractivity contribution in [1.29, 1.82) is 5.26 Å². The molecule has 1 fully saturated rings. The third-order valence-corrected chi connectivity index (χ3v) is 7.13. The van der Waals surface area contributed by atoms with Crippen LogP contribution < -0.4 is 0 Å². The molecule has 0 aliphatic heterocycles. The molecular formula is C27H19NO2. The molecule has 0 amide bonds. The molecule has 144 valence electrons. The number of rotatable bonds is 2.